The van der Waals surface area contributed by atoms with Crippen LogP contribution in [-0.2, 0) is 32.9 Å². The second kappa shape index (κ2) is 11.8. The summed E-state index contributed by atoms with van der Waals surface area (Å²) in [4.78, 5) is 0. The molecule has 212 valence electrons. The summed E-state index contributed by atoms with van der Waals surface area (Å²) in [7, 11) is -21.4. The molecule has 0 aliphatic carbocycles. The SMILES string of the molecule is C=C[Si](C)(C)O[Si](C)(C)O[Si]1(C)O[Si](C)(CC)O[Si](C)(O[Si](C)(C)O[Si](C)(C)C=C)O[Si](C)(CC)O1. The van der Waals surface area contributed by atoms with Gasteiger partial charge in [0.05, 0.1) is 0 Å². The van der Waals surface area contributed by atoms with Crippen molar-refractivity contribution in [2.75, 3.05) is 0 Å². The van der Waals surface area contributed by atoms with E-state index in [2.05, 4.69) is 66.3 Å². The Labute approximate surface area is 229 Å². The van der Waals surface area contributed by atoms with E-state index in [1.54, 1.807) is 0 Å². The predicted octanol–water partition coefficient (Wildman–Crippen LogP) is 6.72. The standard InChI is InChI=1S/C20H52O8Si8/c1-17-29(5,6)21-31(9,10)23-35(15)25-33(13,19-3)27-36(16,28-34(14,20-4)26-35)24-32(11,12)22-30(7,8)18-2/h17-18H,1-2,19-20H2,3-16H3. The fourth-order valence-corrected chi connectivity index (χ4v) is 42.5. The molecule has 0 N–H and O–H groups in total. The lowest BCUT2D eigenvalue weighted by atomic mass is 11.0. The first kappa shape index (κ1) is 34.9. The van der Waals surface area contributed by atoms with Crippen molar-refractivity contribution in [3.63, 3.8) is 0 Å². The molecule has 1 aliphatic rings. The van der Waals surface area contributed by atoms with Crippen LogP contribution < -0.4 is 0 Å². The minimum atomic E-state index is -3.21. The highest BCUT2D eigenvalue weighted by Crippen LogP contribution is 2.37. The van der Waals surface area contributed by atoms with E-state index in [4.69, 9.17) is 32.9 Å². The molecule has 0 radical (unpaired) electrons. The van der Waals surface area contributed by atoms with E-state index in [0.29, 0.717) is 12.1 Å². The topological polar surface area (TPSA) is 73.8 Å². The van der Waals surface area contributed by atoms with Gasteiger partial charge in [0.25, 0.3) is 0 Å². The largest absolute Gasteiger partial charge is 0.470 e. The minimum Gasteiger partial charge on any atom is -0.433 e. The molecule has 1 fully saturated rings. The minimum absolute atomic E-state index is 0.702. The zero-order valence-electron chi connectivity index (χ0n) is 25.2. The van der Waals surface area contributed by atoms with Gasteiger partial charge in [0.15, 0.2) is 16.6 Å². The van der Waals surface area contributed by atoms with Gasteiger partial charge in [-0.1, -0.05) is 25.2 Å². The monoisotopic (exact) mass is 644 g/mol. The molecular formula is C20H52O8Si8. The van der Waals surface area contributed by atoms with Gasteiger partial charge in [-0.3, -0.25) is 0 Å². The lowest BCUT2D eigenvalue weighted by Crippen LogP contribution is -2.71. The Kier molecular flexibility index (Phi) is 11.4. The summed E-state index contributed by atoms with van der Waals surface area (Å²) in [5.74, 6) is 0. The van der Waals surface area contributed by atoms with Crippen LogP contribution in [0.2, 0.25) is 90.7 Å². The summed E-state index contributed by atoms with van der Waals surface area (Å²) in [5, 5.41) is 0. The molecule has 1 saturated heterocycles. The molecule has 0 aromatic heterocycles. The summed E-state index contributed by atoms with van der Waals surface area (Å²) in [6.07, 6.45) is 0. The van der Waals surface area contributed by atoms with E-state index < -0.39 is 68.5 Å². The molecule has 0 bridgehead atoms. The van der Waals surface area contributed by atoms with Crippen LogP contribution in [0.5, 0.6) is 0 Å². The summed E-state index contributed by atoms with van der Waals surface area (Å²) in [6.45, 7) is 36.7. The third-order valence-corrected chi connectivity index (χ3v) is 38.2. The van der Waals surface area contributed by atoms with Crippen LogP contribution in [0.15, 0.2) is 24.6 Å². The summed E-state index contributed by atoms with van der Waals surface area (Å²) in [6, 6.07) is 1.40. The molecule has 0 amide bonds. The van der Waals surface area contributed by atoms with Gasteiger partial charge >= 0.3 is 51.9 Å². The van der Waals surface area contributed by atoms with E-state index in [9.17, 15) is 0 Å². The van der Waals surface area contributed by atoms with E-state index in [-0.39, 0.29) is 0 Å². The summed E-state index contributed by atoms with van der Waals surface area (Å²) in [5.41, 5.74) is 3.85. The maximum Gasteiger partial charge on any atom is 0.470 e. The quantitative estimate of drug-likeness (QED) is 0.217. The molecule has 1 aliphatic heterocycles. The molecule has 1 rings (SSSR count). The first-order valence-electron chi connectivity index (χ1n) is 12.8. The van der Waals surface area contributed by atoms with Crippen molar-refractivity contribution in [3.8, 4) is 0 Å². The van der Waals surface area contributed by atoms with Crippen molar-refractivity contribution in [2.45, 2.75) is 104 Å². The zero-order chi connectivity index (χ0) is 28.5. The van der Waals surface area contributed by atoms with E-state index in [0.717, 1.165) is 0 Å². The van der Waals surface area contributed by atoms with E-state index >= 15 is 0 Å². The maximum absolute atomic E-state index is 6.86. The summed E-state index contributed by atoms with van der Waals surface area (Å²) >= 11 is 0. The summed E-state index contributed by atoms with van der Waals surface area (Å²) < 4.78 is 54.0. The van der Waals surface area contributed by atoms with Crippen molar-refractivity contribution in [2.24, 2.45) is 0 Å². The molecule has 1 heterocycles. The molecule has 0 spiro atoms. The average molecular weight is 645 g/mol. The second-order valence-corrected chi connectivity index (χ2v) is 40.7. The molecule has 0 aromatic rings. The number of hydrogen-bond acceptors (Lipinski definition) is 8. The van der Waals surface area contributed by atoms with Gasteiger partial charge in [0.2, 0.25) is 0 Å². The third-order valence-electron chi connectivity index (χ3n) is 5.75. The highest BCUT2D eigenvalue weighted by molar-refractivity contribution is 6.96. The van der Waals surface area contributed by atoms with E-state index in [1.807, 2.05) is 50.7 Å². The predicted molar refractivity (Wildman–Crippen MR) is 166 cm³/mol. The lowest BCUT2D eigenvalue weighted by molar-refractivity contribution is 0.135. The van der Waals surface area contributed by atoms with Crippen LogP contribution in [0.25, 0.3) is 0 Å². The second-order valence-electron chi connectivity index (χ2n) is 11.9. The van der Waals surface area contributed by atoms with Gasteiger partial charge in [0, 0.05) is 13.1 Å². The molecule has 16 heteroatoms. The lowest BCUT2D eigenvalue weighted by Gasteiger charge is -2.51. The number of hydrogen-bond donors (Lipinski definition) is 0. The van der Waals surface area contributed by atoms with E-state index in [1.165, 1.54) is 0 Å². The first-order chi connectivity index (χ1) is 15.9. The smallest absolute Gasteiger partial charge is 0.433 e. The van der Waals surface area contributed by atoms with Gasteiger partial charge in [-0.2, -0.15) is 0 Å². The molecule has 0 aromatic carbocycles. The Hall–Kier alpha value is 0.895. The first-order valence-corrected chi connectivity index (χ1v) is 33.9. The van der Waals surface area contributed by atoms with Crippen LogP contribution in [0.4, 0.5) is 0 Å². The molecule has 8 nitrogen and oxygen atoms in total. The zero-order valence-corrected chi connectivity index (χ0v) is 33.2. The van der Waals surface area contributed by atoms with Crippen molar-refractivity contribution in [3.05, 3.63) is 24.6 Å². The van der Waals surface area contributed by atoms with Crippen molar-refractivity contribution in [1.82, 2.24) is 0 Å². The molecule has 36 heavy (non-hydrogen) atoms. The maximum atomic E-state index is 6.86. The average Bonchev–Trinajstić information content (AvgIpc) is 2.63. The van der Waals surface area contributed by atoms with Crippen LogP contribution in [0.1, 0.15) is 13.8 Å². The van der Waals surface area contributed by atoms with Gasteiger partial charge in [-0.15, -0.1) is 13.2 Å². The molecule has 0 saturated carbocycles. The Morgan fingerprint density at radius 2 is 0.833 bits per heavy atom. The molecule has 0 unspecified atom stereocenters. The molecular weight excluding hydrogens is 593 g/mol. The van der Waals surface area contributed by atoms with Crippen molar-refractivity contribution >= 4 is 68.5 Å². The Morgan fingerprint density at radius 1 is 0.583 bits per heavy atom. The Morgan fingerprint density at radius 3 is 1.03 bits per heavy atom. The Balaban J connectivity index is 3.40. The van der Waals surface area contributed by atoms with Gasteiger partial charge in [0.1, 0.15) is 0 Å². The van der Waals surface area contributed by atoms with Crippen molar-refractivity contribution < 1.29 is 32.9 Å². The van der Waals surface area contributed by atoms with Gasteiger partial charge in [-0.05, 0) is 77.6 Å². The van der Waals surface area contributed by atoms with Crippen LogP contribution in [-0.4, -0.2) is 68.5 Å². The fourth-order valence-electron chi connectivity index (χ4n) is 4.31. The Bertz CT molecular complexity index is 716. The molecule has 0 atom stereocenters. The van der Waals surface area contributed by atoms with Crippen LogP contribution >= 0.6 is 0 Å². The fraction of sp³-hybridized carbons (Fsp3) is 0.800. The van der Waals surface area contributed by atoms with Crippen LogP contribution in [0, 0.1) is 0 Å². The highest BCUT2D eigenvalue weighted by atomic mass is 28.6. The van der Waals surface area contributed by atoms with Gasteiger partial charge < -0.3 is 32.9 Å². The number of rotatable bonds is 12. The normalized spacial score (nSPS) is 33.1. The highest BCUT2D eigenvalue weighted by Gasteiger charge is 2.61. The van der Waals surface area contributed by atoms with Crippen LogP contribution in [0.3, 0.4) is 0 Å². The van der Waals surface area contributed by atoms with Crippen molar-refractivity contribution in [1.29, 1.82) is 0 Å². The van der Waals surface area contributed by atoms with Gasteiger partial charge in [-0.25, -0.2) is 0 Å². The third kappa shape index (κ3) is 10.8.